The van der Waals surface area contributed by atoms with Crippen LogP contribution >= 0.6 is 0 Å². The number of hydrogen-bond donors (Lipinski definition) is 1. The van der Waals surface area contributed by atoms with E-state index in [1.54, 1.807) is 7.11 Å². The minimum Gasteiger partial charge on any atom is -0.379 e. The first-order valence-corrected chi connectivity index (χ1v) is 5.93. The summed E-state index contributed by atoms with van der Waals surface area (Å²) in [5, 5.41) is 2.70. The van der Waals surface area contributed by atoms with Crippen molar-refractivity contribution in [1.82, 2.24) is 5.32 Å². The van der Waals surface area contributed by atoms with Crippen molar-refractivity contribution in [2.45, 2.75) is 26.2 Å². The number of benzene rings is 1. The van der Waals surface area contributed by atoms with E-state index in [0.717, 1.165) is 0 Å². The fraction of sp³-hybridized carbons (Fsp3) is 0.400. The zero-order valence-electron chi connectivity index (χ0n) is 11.5. The summed E-state index contributed by atoms with van der Waals surface area (Å²) < 4.78 is 4.89. The zero-order valence-corrected chi connectivity index (χ0v) is 11.5. The fourth-order valence-corrected chi connectivity index (χ4v) is 1.56. The van der Waals surface area contributed by atoms with E-state index in [4.69, 9.17) is 4.74 Å². The second-order valence-corrected chi connectivity index (χ2v) is 5.32. The number of amides is 1. The minimum absolute atomic E-state index is 0.0919. The van der Waals surface area contributed by atoms with Crippen molar-refractivity contribution < 1.29 is 9.53 Å². The van der Waals surface area contributed by atoms with Gasteiger partial charge in [-0.25, -0.2) is 0 Å². The topological polar surface area (TPSA) is 38.3 Å². The van der Waals surface area contributed by atoms with Gasteiger partial charge in [0, 0.05) is 18.4 Å². The molecule has 0 unspecified atom stereocenters. The molecule has 18 heavy (non-hydrogen) atoms. The summed E-state index contributed by atoms with van der Waals surface area (Å²) in [5.41, 5.74) is 2.48. The van der Waals surface area contributed by atoms with Crippen LogP contribution in [0, 0.1) is 0 Å². The van der Waals surface area contributed by atoms with E-state index >= 15 is 0 Å². The molecule has 0 saturated heterocycles. The minimum atomic E-state index is -0.155. The molecular formula is C15H21NO2. The molecule has 0 heterocycles. The van der Waals surface area contributed by atoms with E-state index in [1.165, 1.54) is 5.56 Å². The van der Waals surface area contributed by atoms with Gasteiger partial charge in [0.15, 0.2) is 0 Å². The molecule has 0 aliphatic rings. The summed E-state index contributed by atoms with van der Waals surface area (Å²) in [6, 6.07) is 7.62. The molecule has 0 fully saturated rings. The van der Waals surface area contributed by atoms with Crippen molar-refractivity contribution >= 4 is 5.91 Å². The maximum Gasteiger partial charge on any atom is 0.255 e. The van der Waals surface area contributed by atoms with Crippen LogP contribution in [0.3, 0.4) is 0 Å². The Kier molecular flexibility index (Phi) is 4.68. The molecule has 0 radical (unpaired) electrons. The summed E-state index contributed by atoms with van der Waals surface area (Å²) in [5.74, 6) is -0.155. The Morgan fingerprint density at radius 1 is 1.28 bits per heavy atom. The SMILES string of the molecule is C=C(COC)NC(=O)c1ccc(C(C)(C)C)cc1. The highest BCUT2D eigenvalue weighted by atomic mass is 16.5. The number of rotatable bonds is 4. The number of hydrogen-bond acceptors (Lipinski definition) is 2. The first kappa shape index (κ1) is 14.5. The lowest BCUT2D eigenvalue weighted by Gasteiger charge is -2.19. The summed E-state index contributed by atoms with van der Waals surface area (Å²) in [6.45, 7) is 10.5. The summed E-state index contributed by atoms with van der Waals surface area (Å²) in [7, 11) is 1.56. The third-order valence-electron chi connectivity index (χ3n) is 2.62. The van der Waals surface area contributed by atoms with Crippen LogP contribution in [0.5, 0.6) is 0 Å². The highest BCUT2D eigenvalue weighted by Crippen LogP contribution is 2.22. The molecule has 0 spiro atoms. The Morgan fingerprint density at radius 2 is 1.83 bits per heavy atom. The van der Waals surface area contributed by atoms with E-state index < -0.39 is 0 Å². The monoisotopic (exact) mass is 247 g/mol. The van der Waals surface area contributed by atoms with Crippen LogP contribution in [-0.2, 0) is 10.2 Å². The molecule has 0 aliphatic heterocycles. The quantitative estimate of drug-likeness (QED) is 0.888. The van der Waals surface area contributed by atoms with Gasteiger partial charge in [-0.05, 0) is 23.1 Å². The largest absolute Gasteiger partial charge is 0.379 e. The maximum atomic E-state index is 11.9. The average molecular weight is 247 g/mol. The van der Waals surface area contributed by atoms with Gasteiger partial charge in [-0.2, -0.15) is 0 Å². The van der Waals surface area contributed by atoms with Gasteiger partial charge in [0.25, 0.3) is 5.91 Å². The second kappa shape index (κ2) is 5.83. The molecule has 1 rings (SSSR count). The van der Waals surface area contributed by atoms with Gasteiger partial charge in [0.05, 0.1) is 6.61 Å². The van der Waals surface area contributed by atoms with Crippen molar-refractivity contribution in [3.8, 4) is 0 Å². The summed E-state index contributed by atoms with van der Waals surface area (Å²) in [6.07, 6.45) is 0. The molecule has 3 nitrogen and oxygen atoms in total. The Balaban J connectivity index is 2.74. The number of nitrogens with one attached hydrogen (secondary N) is 1. The van der Waals surface area contributed by atoms with E-state index in [1.807, 2.05) is 24.3 Å². The van der Waals surface area contributed by atoms with E-state index in [-0.39, 0.29) is 11.3 Å². The molecule has 0 bridgehead atoms. The molecule has 1 aromatic carbocycles. The number of carbonyl (C=O) groups is 1. The van der Waals surface area contributed by atoms with Gasteiger partial charge < -0.3 is 10.1 Å². The van der Waals surface area contributed by atoms with Gasteiger partial charge in [0.2, 0.25) is 0 Å². The van der Waals surface area contributed by atoms with Crippen molar-refractivity contribution in [2.75, 3.05) is 13.7 Å². The van der Waals surface area contributed by atoms with E-state index in [0.29, 0.717) is 17.9 Å². The van der Waals surface area contributed by atoms with Crippen LogP contribution in [0.1, 0.15) is 36.7 Å². The predicted octanol–water partition coefficient (Wildman–Crippen LogP) is 2.87. The molecule has 98 valence electrons. The fourth-order valence-electron chi connectivity index (χ4n) is 1.56. The molecule has 0 atom stereocenters. The van der Waals surface area contributed by atoms with Crippen LogP contribution in [-0.4, -0.2) is 19.6 Å². The summed E-state index contributed by atoms with van der Waals surface area (Å²) in [4.78, 5) is 11.9. The normalized spacial score (nSPS) is 11.1. The van der Waals surface area contributed by atoms with Crippen molar-refractivity contribution in [2.24, 2.45) is 0 Å². The van der Waals surface area contributed by atoms with Gasteiger partial charge in [0.1, 0.15) is 0 Å². The average Bonchev–Trinajstić information content (AvgIpc) is 2.28. The van der Waals surface area contributed by atoms with Crippen LogP contribution in [0.25, 0.3) is 0 Å². The predicted molar refractivity (Wildman–Crippen MR) is 73.6 cm³/mol. The molecule has 0 aromatic heterocycles. The van der Waals surface area contributed by atoms with Crippen LogP contribution in [0.4, 0.5) is 0 Å². The Hall–Kier alpha value is -1.61. The number of carbonyl (C=O) groups excluding carboxylic acids is 1. The van der Waals surface area contributed by atoms with Gasteiger partial charge in [-0.1, -0.05) is 39.5 Å². The molecule has 1 N–H and O–H groups in total. The molecule has 1 amide bonds. The molecule has 1 aromatic rings. The van der Waals surface area contributed by atoms with Crippen LogP contribution < -0.4 is 5.32 Å². The van der Waals surface area contributed by atoms with Crippen molar-refractivity contribution in [3.05, 3.63) is 47.7 Å². The van der Waals surface area contributed by atoms with Gasteiger partial charge >= 0.3 is 0 Å². The highest BCUT2D eigenvalue weighted by molar-refractivity contribution is 5.95. The maximum absolute atomic E-state index is 11.9. The lowest BCUT2D eigenvalue weighted by Crippen LogP contribution is -2.24. The van der Waals surface area contributed by atoms with Gasteiger partial charge in [-0.3, -0.25) is 4.79 Å². The standard InChI is InChI=1S/C15H21NO2/c1-11(10-18-5)16-14(17)12-6-8-13(9-7-12)15(2,3)4/h6-9H,1,10H2,2-5H3,(H,16,17). The van der Waals surface area contributed by atoms with Crippen LogP contribution in [0.2, 0.25) is 0 Å². The molecule has 0 aliphatic carbocycles. The molecule has 3 heteroatoms. The third kappa shape index (κ3) is 4.00. The number of methoxy groups -OCH3 is 1. The van der Waals surface area contributed by atoms with Crippen LogP contribution in [0.15, 0.2) is 36.5 Å². The zero-order chi connectivity index (χ0) is 13.8. The lowest BCUT2D eigenvalue weighted by molar-refractivity contribution is 0.0957. The Morgan fingerprint density at radius 3 is 2.28 bits per heavy atom. The van der Waals surface area contributed by atoms with Gasteiger partial charge in [-0.15, -0.1) is 0 Å². The smallest absolute Gasteiger partial charge is 0.255 e. The van der Waals surface area contributed by atoms with Crippen molar-refractivity contribution in [1.29, 1.82) is 0 Å². The first-order chi connectivity index (χ1) is 8.34. The first-order valence-electron chi connectivity index (χ1n) is 5.93. The Labute approximate surface area is 109 Å². The van der Waals surface area contributed by atoms with E-state index in [9.17, 15) is 4.79 Å². The molecule has 0 saturated carbocycles. The van der Waals surface area contributed by atoms with E-state index in [2.05, 4.69) is 32.7 Å². The summed E-state index contributed by atoms with van der Waals surface area (Å²) >= 11 is 0. The van der Waals surface area contributed by atoms with Crippen molar-refractivity contribution in [3.63, 3.8) is 0 Å². The second-order valence-electron chi connectivity index (χ2n) is 5.32. The molecular weight excluding hydrogens is 226 g/mol. The highest BCUT2D eigenvalue weighted by Gasteiger charge is 2.14. The Bertz CT molecular complexity index is 427. The third-order valence-corrected chi connectivity index (χ3v) is 2.62. The number of ether oxygens (including phenoxy) is 1. The lowest BCUT2D eigenvalue weighted by atomic mass is 9.87.